The molecule has 8 nitrogen and oxygen atoms in total. The summed E-state index contributed by atoms with van der Waals surface area (Å²) in [6.45, 7) is 7.24. The van der Waals surface area contributed by atoms with Gasteiger partial charge < -0.3 is 14.6 Å². The van der Waals surface area contributed by atoms with Gasteiger partial charge in [-0.15, -0.1) is 0 Å². The van der Waals surface area contributed by atoms with E-state index in [1.807, 2.05) is 30.3 Å². The Kier molecular flexibility index (Phi) is 8.49. The third-order valence-electron chi connectivity index (χ3n) is 6.82. The summed E-state index contributed by atoms with van der Waals surface area (Å²) in [5.41, 5.74) is 2.45. The first-order valence-corrected chi connectivity index (χ1v) is 14.1. The maximum atomic E-state index is 13.9. The molecule has 10 heteroatoms. The number of esters is 1. The maximum absolute atomic E-state index is 13.9. The van der Waals surface area contributed by atoms with E-state index in [-0.39, 0.29) is 22.2 Å². The molecule has 0 saturated carbocycles. The number of ketones is 1. The minimum atomic E-state index is -1.14. The molecular formula is C33H27FN2O6S. The van der Waals surface area contributed by atoms with Crippen molar-refractivity contribution in [2.75, 3.05) is 11.5 Å². The van der Waals surface area contributed by atoms with E-state index in [4.69, 9.17) is 9.47 Å². The molecular weight excluding hydrogens is 571 g/mol. The lowest BCUT2D eigenvalue weighted by Crippen LogP contribution is -2.29. The Hall–Kier alpha value is -5.09. The third-order valence-corrected chi connectivity index (χ3v) is 7.96. The van der Waals surface area contributed by atoms with E-state index in [0.717, 1.165) is 21.8 Å². The highest BCUT2D eigenvalue weighted by molar-refractivity contribution is 7.17. The molecule has 5 rings (SSSR count). The SMILES string of the molecule is C=CCOC(=O)c1sc(N2C(=O)C(=O)/C(=C(/O)c3ccc(OCc4ccccc4)c(C)c3)[C@@H]2c2ccc(F)cc2)nc1C. The first-order chi connectivity index (χ1) is 20.7. The van der Waals surface area contributed by atoms with E-state index in [0.29, 0.717) is 34.7 Å². The second kappa shape index (κ2) is 12.4. The van der Waals surface area contributed by atoms with Crippen LogP contribution in [-0.4, -0.2) is 34.4 Å². The van der Waals surface area contributed by atoms with Gasteiger partial charge >= 0.3 is 11.9 Å². The van der Waals surface area contributed by atoms with Crippen molar-refractivity contribution < 1.29 is 33.4 Å². The zero-order valence-electron chi connectivity index (χ0n) is 23.4. The van der Waals surface area contributed by atoms with Gasteiger partial charge in [-0.1, -0.05) is 66.5 Å². The molecule has 0 aliphatic carbocycles. The number of Topliss-reactive ketones (excluding diaryl/α,β-unsaturated/α-hetero) is 1. The number of ether oxygens (including phenoxy) is 2. The van der Waals surface area contributed by atoms with Crippen LogP contribution in [0.25, 0.3) is 5.76 Å². The summed E-state index contributed by atoms with van der Waals surface area (Å²) in [6.07, 6.45) is 1.42. The van der Waals surface area contributed by atoms with Crippen molar-refractivity contribution in [2.24, 2.45) is 0 Å². The number of aromatic nitrogens is 1. The predicted molar refractivity (Wildman–Crippen MR) is 160 cm³/mol. The van der Waals surface area contributed by atoms with Crippen molar-refractivity contribution in [3.8, 4) is 5.75 Å². The minimum Gasteiger partial charge on any atom is -0.507 e. The Balaban J connectivity index is 1.55. The van der Waals surface area contributed by atoms with Crippen LogP contribution in [0, 0.1) is 19.7 Å². The Morgan fingerprint density at radius 1 is 1.09 bits per heavy atom. The van der Waals surface area contributed by atoms with Crippen molar-refractivity contribution in [1.29, 1.82) is 0 Å². The number of anilines is 1. The van der Waals surface area contributed by atoms with Gasteiger partial charge in [-0.05, 0) is 60.9 Å². The van der Waals surface area contributed by atoms with Crippen LogP contribution in [0.4, 0.5) is 9.52 Å². The number of carbonyl (C=O) groups excluding carboxylic acids is 3. The van der Waals surface area contributed by atoms with Gasteiger partial charge in [0, 0.05) is 5.56 Å². The molecule has 1 aromatic heterocycles. The lowest BCUT2D eigenvalue weighted by Gasteiger charge is -2.23. The average molecular weight is 599 g/mol. The van der Waals surface area contributed by atoms with Crippen molar-refractivity contribution in [3.05, 3.63) is 130 Å². The van der Waals surface area contributed by atoms with Gasteiger partial charge in [0.1, 0.15) is 35.4 Å². The van der Waals surface area contributed by atoms with Crippen LogP contribution < -0.4 is 9.64 Å². The zero-order valence-corrected chi connectivity index (χ0v) is 24.2. The number of benzene rings is 3. The maximum Gasteiger partial charge on any atom is 0.350 e. The second-order valence-corrected chi connectivity index (χ2v) is 10.8. The fourth-order valence-electron chi connectivity index (χ4n) is 4.71. The summed E-state index contributed by atoms with van der Waals surface area (Å²) in [7, 11) is 0. The molecule has 0 radical (unpaired) electrons. The molecule has 1 atom stereocenters. The molecule has 0 unspecified atom stereocenters. The number of aliphatic hydroxyl groups is 1. The zero-order chi connectivity index (χ0) is 30.7. The molecule has 2 heterocycles. The van der Waals surface area contributed by atoms with E-state index in [2.05, 4.69) is 11.6 Å². The summed E-state index contributed by atoms with van der Waals surface area (Å²) in [5.74, 6) is -2.88. The van der Waals surface area contributed by atoms with E-state index >= 15 is 0 Å². The number of aliphatic hydroxyl groups excluding tert-OH is 1. The standard InChI is InChI=1S/C33H27FN2O6S/c1-4-16-41-32(40)30-20(3)35-33(43-30)36-27(22-10-13-24(34)14-11-22)26(29(38)31(36)39)28(37)23-12-15-25(19(2)17-23)42-18-21-8-6-5-7-9-21/h4-15,17,27,37H,1,16,18H2,2-3H3/b28-26+/t27-/m0/s1. The van der Waals surface area contributed by atoms with Crippen LogP contribution in [0.2, 0.25) is 0 Å². The van der Waals surface area contributed by atoms with Crippen LogP contribution in [0.15, 0.2) is 91.0 Å². The smallest absolute Gasteiger partial charge is 0.350 e. The van der Waals surface area contributed by atoms with E-state index in [1.54, 1.807) is 32.0 Å². The number of nitrogens with zero attached hydrogens (tertiary/aromatic N) is 2. The van der Waals surface area contributed by atoms with Crippen LogP contribution in [0.3, 0.4) is 0 Å². The molecule has 1 amide bonds. The van der Waals surface area contributed by atoms with E-state index in [9.17, 15) is 23.9 Å². The van der Waals surface area contributed by atoms with Gasteiger partial charge in [-0.25, -0.2) is 14.2 Å². The number of amides is 1. The first kappa shape index (κ1) is 29.4. The predicted octanol–water partition coefficient (Wildman–Crippen LogP) is 6.45. The van der Waals surface area contributed by atoms with E-state index < -0.39 is 35.3 Å². The molecule has 1 fully saturated rings. The van der Waals surface area contributed by atoms with Crippen LogP contribution in [0.1, 0.15) is 43.7 Å². The van der Waals surface area contributed by atoms with Gasteiger partial charge in [0.25, 0.3) is 5.78 Å². The van der Waals surface area contributed by atoms with Gasteiger partial charge in [-0.2, -0.15) is 0 Å². The molecule has 3 aromatic carbocycles. The molecule has 218 valence electrons. The summed E-state index contributed by atoms with van der Waals surface area (Å²) in [4.78, 5) is 45.2. The minimum absolute atomic E-state index is 0.0128. The van der Waals surface area contributed by atoms with Gasteiger partial charge in [0.05, 0.1) is 17.3 Å². The topological polar surface area (TPSA) is 106 Å². The lowest BCUT2D eigenvalue weighted by molar-refractivity contribution is -0.132. The largest absolute Gasteiger partial charge is 0.507 e. The summed E-state index contributed by atoms with van der Waals surface area (Å²) in [6, 6.07) is 18.7. The van der Waals surface area contributed by atoms with Crippen LogP contribution in [-0.2, 0) is 20.9 Å². The Bertz CT molecular complexity index is 1750. The highest BCUT2D eigenvalue weighted by Gasteiger charge is 2.48. The third kappa shape index (κ3) is 5.96. The van der Waals surface area contributed by atoms with Crippen molar-refractivity contribution in [2.45, 2.75) is 26.5 Å². The molecule has 0 bridgehead atoms. The molecule has 1 N–H and O–H groups in total. The van der Waals surface area contributed by atoms with Crippen LogP contribution >= 0.6 is 11.3 Å². The number of hydrogen-bond donors (Lipinski definition) is 1. The number of aryl methyl sites for hydroxylation is 2. The summed E-state index contributed by atoms with van der Waals surface area (Å²) in [5, 5.41) is 11.5. The Morgan fingerprint density at radius 3 is 2.49 bits per heavy atom. The Labute approximate surface area is 251 Å². The number of carbonyl (C=O) groups is 3. The average Bonchev–Trinajstić information content (AvgIpc) is 3.51. The summed E-state index contributed by atoms with van der Waals surface area (Å²) < 4.78 is 25.0. The fourth-order valence-corrected chi connectivity index (χ4v) is 5.70. The highest BCUT2D eigenvalue weighted by atomic mass is 32.1. The molecule has 4 aromatic rings. The molecule has 0 spiro atoms. The first-order valence-electron chi connectivity index (χ1n) is 13.3. The van der Waals surface area contributed by atoms with Gasteiger partial charge in [0.15, 0.2) is 5.13 Å². The fraction of sp³-hybridized carbons (Fsp3) is 0.152. The van der Waals surface area contributed by atoms with Gasteiger partial charge in [-0.3, -0.25) is 14.5 Å². The monoisotopic (exact) mass is 598 g/mol. The van der Waals surface area contributed by atoms with Crippen LogP contribution in [0.5, 0.6) is 5.75 Å². The van der Waals surface area contributed by atoms with E-state index in [1.165, 1.54) is 30.3 Å². The number of hydrogen-bond acceptors (Lipinski definition) is 8. The summed E-state index contributed by atoms with van der Waals surface area (Å²) >= 11 is 0.878. The molecule has 1 saturated heterocycles. The number of thiazole rings is 1. The van der Waals surface area contributed by atoms with Gasteiger partial charge in [0.2, 0.25) is 0 Å². The molecule has 1 aliphatic rings. The quantitative estimate of drug-likeness (QED) is 0.0776. The van der Waals surface area contributed by atoms with Crippen molar-refractivity contribution in [1.82, 2.24) is 4.98 Å². The lowest BCUT2D eigenvalue weighted by atomic mass is 9.95. The van der Waals surface area contributed by atoms with Crippen molar-refractivity contribution >= 4 is 39.9 Å². The highest BCUT2D eigenvalue weighted by Crippen LogP contribution is 2.44. The second-order valence-electron chi connectivity index (χ2n) is 9.77. The number of rotatable bonds is 9. The molecule has 43 heavy (non-hydrogen) atoms. The number of halogens is 1. The molecule has 1 aliphatic heterocycles. The Morgan fingerprint density at radius 2 is 1.81 bits per heavy atom. The van der Waals surface area contributed by atoms with Crippen molar-refractivity contribution in [3.63, 3.8) is 0 Å². The normalized spacial score (nSPS) is 15.9.